The fraction of sp³-hybridized carbons (Fsp3) is 0.0370. The lowest BCUT2D eigenvalue weighted by Gasteiger charge is -2.18. The van der Waals surface area contributed by atoms with E-state index in [1.807, 2.05) is 6.07 Å². The Balaban J connectivity index is 1.01. The van der Waals surface area contributed by atoms with Crippen LogP contribution in [0.4, 0.5) is 0 Å². The zero-order chi connectivity index (χ0) is 38.2. The quantitative estimate of drug-likeness (QED) is 0.176. The fourth-order valence-corrected chi connectivity index (χ4v) is 9.40. The van der Waals surface area contributed by atoms with Crippen LogP contribution in [0.3, 0.4) is 0 Å². The number of para-hydroxylation sites is 4. The monoisotopic (exact) mass is 740 g/mol. The molecule has 0 bridgehead atoms. The molecule has 12 rings (SSSR count). The van der Waals surface area contributed by atoms with Gasteiger partial charge in [-0.05, 0) is 83.0 Å². The summed E-state index contributed by atoms with van der Waals surface area (Å²) in [4.78, 5) is 10.5. The van der Waals surface area contributed by atoms with Crippen molar-refractivity contribution in [2.75, 3.05) is 0 Å². The predicted molar refractivity (Wildman–Crippen MR) is 243 cm³/mol. The van der Waals surface area contributed by atoms with Crippen LogP contribution in [-0.4, -0.2) is 19.1 Å². The van der Waals surface area contributed by atoms with Gasteiger partial charge in [-0.15, -0.1) is 0 Å². The van der Waals surface area contributed by atoms with Gasteiger partial charge in [-0.3, -0.25) is 4.57 Å². The highest BCUT2D eigenvalue weighted by atomic mass is 15.2. The molecule has 0 unspecified atom stereocenters. The summed E-state index contributed by atoms with van der Waals surface area (Å²) in [5, 5.41) is 8.55. The summed E-state index contributed by atoms with van der Waals surface area (Å²) < 4.78 is 4.69. The highest BCUT2D eigenvalue weighted by molar-refractivity contribution is 6.21. The Morgan fingerprint density at radius 2 is 0.966 bits per heavy atom. The van der Waals surface area contributed by atoms with Crippen LogP contribution in [0.25, 0.3) is 99.3 Å². The molecule has 0 N–H and O–H groups in total. The van der Waals surface area contributed by atoms with Gasteiger partial charge in [0.1, 0.15) is 0 Å². The second-order valence-corrected chi connectivity index (χ2v) is 15.3. The maximum absolute atomic E-state index is 5.31. The van der Waals surface area contributed by atoms with E-state index in [4.69, 9.17) is 9.97 Å². The molecular formula is C54H36N4. The van der Waals surface area contributed by atoms with E-state index in [0.29, 0.717) is 5.95 Å². The van der Waals surface area contributed by atoms with E-state index in [-0.39, 0.29) is 0 Å². The minimum Gasteiger partial charge on any atom is -0.309 e. The van der Waals surface area contributed by atoms with Crippen molar-refractivity contribution in [3.05, 3.63) is 205 Å². The number of allylic oxidation sites excluding steroid dienone is 4. The number of rotatable bonds is 5. The zero-order valence-electron chi connectivity index (χ0n) is 31.7. The Bertz CT molecular complexity index is 3490. The summed E-state index contributed by atoms with van der Waals surface area (Å²) in [6.45, 7) is 0. The topological polar surface area (TPSA) is 35.6 Å². The lowest BCUT2D eigenvalue weighted by molar-refractivity contribution is 1.01. The molecule has 3 heterocycles. The number of hydrogen-bond donors (Lipinski definition) is 0. The molecule has 0 saturated heterocycles. The molecule has 4 nitrogen and oxygen atoms in total. The smallest absolute Gasteiger partial charge is 0.235 e. The summed E-state index contributed by atoms with van der Waals surface area (Å²) in [5.74, 6) is 0.677. The van der Waals surface area contributed by atoms with Gasteiger partial charge in [-0.2, -0.15) is 0 Å². The average molecular weight is 741 g/mol. The molecule has 11 aromatic rings. The summed E-state index contributed by atoms with van der Waals surface area (Å²) >= 11 is 0. The zero-order valence-corrected chi connectivity index (χ0v) is 31.7. The molecule has 1 aliphatic carbocycles. The van der Waals surface area contributed by atoms with Crippen LogP contribution in [0, 0.1) is 0 Å². The molecule has 0 radical (unpaired) electrons. The van der Waals surface area contributed by atoms with Crippen LogP contribution in [-0.2, 0) is 0 Å². The predicted octanol–water partition coefficient (Wildman–Crippen LogP) is 13.9. The molecule has 4 heteroatoms. The fourth-order valence-electron chi connectivity index (χ4n) is 9.40. The standard InChI is InChI=1S/C54H36N4/c1-3-15-37(16-4-1)52-45-23-9-12-24-48(45)55-54(56-52)58-50-26-14-10-20-41(50)43-32-31-38(33-51(43)58)35-27-29-36(30-28-35)46-34-47-42-21-11-13-25-49(42)57(39-17-5-2-6-18-39)53(47)44-22-8-7-19-40(44)46/h1-27,29,31-34H,28,30H2. The second kappa shape index (κ2) is 13.0. The van der Waals surface area contributed by atoms with Crippen molar-refractivity contribution in [1.29, 1.82) is 0 Å². The van der Waals surface area contributed by atoms with Gasteiger partial charge in [0.15, 0.2) is 0 Å². The Morgan fingerprint density at radius 3 is 1.72 bits per heavy atom. The van der Waals surface area contributed by atoms with Gasteiger partial charge < -0.3 is 4.57 Å². The number of aromatic nitrogens is 4. The summed E-state index contributed by atoms with van der Waals surface area (Å²) in [6, 6.07) is 65.3. The van der Waals surface area contributed by atoms with E-state index < -0.39 is 0 Å². The third-order valence-electron chi connectivity index (χ3n) is 12.1. The first-order valence-electron chi connectivity index (χ1n) is 20.1. The third-order valence-corrected chi connectivity index (χ3v) is 12.1. The van der Waals surface area contributed by atoms with Gasteiger partial charge in [0, 0.05) is 43.6 Å². The number of hydrogen-bond acceptors (Lipinski definition) is 2. The van der Waals surface area contributed by atoms with Crippen LogP contribution in [0.2, 0.25) is 0 Å². The van der Waals surface area contributed by atoms with Crippen molar-refractivity contribution in [3.63, 3.8) is 0 Å². The molecule has 0 saturated carbocycles. The van der Waals surface area contributed by atoms with Crippen LogP contribution >= 0.6 is 0 Å². The highest BCUT2D eigenvalue weighted by Gasteiger charge is 2.21. The van der Waals surface area contributed by atoms with Gasteiger partial charge >= 0.3 is 0 Å². The summed E-state index contributed by atoms with van der Waals surface area (Å²) in [5.41, 5.74) is 14.0. The highest BCUT2D eigenvalue weighted by Crippen LogP contribution is 2.43. The second-order valence-electron chi connectivity index (χ2n) is 15.3. The minimum atomic E-state index is 0.677. The SMILES string of the molecule is C1=C(c2ccc3c4ccccc4n(-c4nc(-c5ccccc5)c5ccccc5n4)c3c2)CCC(c2cc3c4ccccc4n(-c4ccccc4)c3c3ccccc23)=C1. The number of fused-ring (bicyclic) bond motifs is 9. The molecule has 0 aliphatic heterocycles. The summed E-state index contributed by atoms with van der Waals surface area (Å²) in [7, 11) is 0. The van der Waals surface area contributed by atoms with Crippen molar-refractivity contribution in [3.8, 4) is 22.9 Å². The molecule has 0 amide bonds. The van der Waals surface area contributed by atoms with E-state index >= 15 is 0 Å². The van der Waals surface area contributed by atoms with Gasteiger partial charge in [0.25, 0.3) is 0 Å². The largest absolute Gasteiger partial charge is 0.309 e. The van der Waals surface area contributed by atoms with E-state index in [1.54, 1.807) is 0 Å². The normalized spacial score (nSPS) is 13.2. The average Bonchev–Trinajstić information content (AvgIpc) is 3.82. The molecule has 0 fully saturated rings. The Morgan fingerprint density at radius 1 is 0.379 bits per heavy atom. The molecule has 3 aromatic heterocycles. The van der Waals surface area contributed by atoms with E-state index in [0.717, 1.165) is 46.0 Å². The van der Waals surface area contributed by atoms with Crippen molar-refractivity contribution in [1.82, 2.24) is 19.1 Å². The maximum atomic E-state index is 5.31. The van der Waals surface area contributed by atoms with Crippen molar-refractivity contribution < 1.29 is 0 Å². The van der Waals surface area contributed by atoms with Crippen molar-refractivity contribution in [2.45, 2.75) is 12.8 Å². The molecule has 0 atom stereocenters. The lowest BCUT2D eigenvalue weighted by atomic mass is 9.87. The molecule has 272 valence electrons. The molecule has 0 spiro atoms. The van der Waals surface area contributed by atoms with Gasteiger partial charge in [-0.1, -0.05) is 152 Å². The summed E-state index contributed by atoms with van der Waals surface area (Å²) in [6.07, 6.45) is 6.61. The minimum absolute atomic E-state index is 0.677. The molecular weight excluding hydrogens is 705 g/mol. The third kappa shape index (κ3) is 5.01. The molecule has 8 aromatic carbocycles. The Labute approximate surface area is 335 Å². The number of nitrogens with zero attached hydrogens (tertiary/aromatic N) is 4. The first kappa shape index (κ1) is 32.7. The molecule has 1 aliphatic rings. The van der Waals surface area contributed by atoms with Crippen molar-refractivity contribution >= 4 is 76.4 Å². The van der Waals surface area contributed by atoms with Crippen LogP contribution in [0.1, 0.15) is 24.0 Å². The number of benzene rings is 8. The molecule has 58 heavy (non-hydrogen) atoms. The van der Waals surface area contributed by atoms with E-state index in [1.165, 1.54) is 71.3 Å². The van der Waals surface area contributed by atoms with Gasteiger partial charge in [-0.25, -0.2) is 9.97 Å². The van der Waals surface area contributed by atoms with E-state index in [2.05, 4.69) is 197 Å². The van der Waals surface area contributed by atoms with Gasteiger partial charge in [0.05, 0.1) is 33.3 Å². The first-order valence-corrected chi connectivity index (χ1v) is 20.1. The maximum Gasteiger partial charge on any atom is 0.235 e. The van der Waals surface area contributed by atoms with Crippen LogP contribution in [0.5, 0.6) is 0 Å². The van der Waals surface area contributed by atoms with Crippen LogP contribution < -0.4 is 0 Å². The van der Waals surface area contributed by atoms with Crippen LogP contribution in [0.15, 0.2) is 194 Å². The Hall–Kier alpha value is -7.56. The van der Waals surface area contributed by atoms with Gasteiger partial charge in [0.2, 0.25) is 5.95 Å². The lowest BCUT2D eigenvalue weighted by Crippen LogP contribution is -2.03. The van der Waals surface area contributed by atoms with Crippen molar-refractivity contribution in [2.24, 2.45) is 0 Å². The first-order chi connectivity index (χ1) is 28.8. The van der Waals surface area contributed by atoms with E-state index in [9.17, 15) is 0 Å². The Kier molecular flexibility index (Phi) is 7.32.